The van der Waals surface area contributed by atoms with Gasteiger partial charge in [-0.15, -0.1) is 0 Å². The molecule has 160 valence electrons. The fourth-order valence-electron chi connectivity index (χ4n) is 3.92. The van der Waals surface area contributed by atoms with E-state index >= 15 is 0 Å². The summed E-state index contributed by atoms with van der Waals surface area (Å²) >= 11 is 12.1. The summed E-state index contributed by atoms with van der Waals surface area (Å²) in [5.74, 6) is -3.41. The normalized spacial score (nSPS) is 20.4. The van der Waals surface area contributed by atoms with Crippen molar-refractivity contribution in [1.82, 2.24) is 20.0 Å². The Morgan fingerprint density at radius 1 is 1.27 bits per heavy atom. The molecule has 1 aromatic carbocycles. The number of nitrogens with two attached hydrogens (primary N) is 1. The first kappa shape index (κ1) is 20.9. The first-order valence-electron chi connectivity index (χ1n) is 9.35. The lowest BCUT2D eigenvalue weighted by atomic mass is 9.88. The molecule has 0 bridgehead atoms. The molecule has 4 rings (SSSR count). The minimum absolute atomic E-state index is 0.0753. The number of amides is 3. The van der Waals surface area contributed by atoms with Crippen molar-refractivity contribution < 1.29 is 18.4 Å². The number of alkyl halides is 2. The number of hydrogen-bond acceptors (Lipinski definition) is 3. The van der Waals surface area contributed by atoms with Crippen LogP contribution in [0.4, 0.5) is 13.6 Å². The number of nitrogens with zero attached hydrogens (tertiary/aromatic N) is 3. The van der Waals surface area contributed by atoms with Gasteiger partial charge < -0.3 is 16.0 Å². The molecule has 2 aromatic rings. The lowest BCUT2D eigenvalue weighted by molar-refractivity contribution is -0.0904. The Balaban J connectivity index is 1.64. The third-order valence-electron chi connectivity index (χ3n) is 5.40. The van der Waals surface area contributed by atoms with Crippen LogP contribution < -0.4 is 11.1 Å². The molecule has 0 spiro atoms. The van der Waals surface area contributed by atoms with Crippen molar-refractivity contribution in [3.63, 3.8) is 0 Å². The Bertz CT molecular complexity index is 1030. The van der Waals surface area contributed by atoms with Gasteiger partial charge in [-0.05, 0) is 19.1 Å². The van der Waals surface area contributed by atoms with E-state index in [4.69, 9.17) is 28.9 Å². The van der Waals surface area contributed by atoms with Crippen molar-refractivity contribution in [2.45, 2.75) is 44.3 Å². The molecule has 30 heavy (non-hydrogen) atoms. The van der Waals surface area contributed by atoms with Crippen molar-refractivity contribution in [1.29, 1.82) is 0 Å². The summed E-state index contributed by atoms with van der Waals surface area (Å²) in [7, 11) is 0. The largest absolute Gasteiger partial charge is 0.365 e. The highest BCUT2D eigenvalue weighted by molar-refractivity contribution is 6.42. The van der Waals surface area contributed by atoms with Crippen LogP contribution in [0.5, 0.6) is 0 Å². The maximum atomic E-state index is 13.1. The van der Waals surface area contributed by atoms with E-state index in [2.05, 4.69) is 10.4 Å². The fraction of sp³-hybridized carbons (Fsp3) is 0.421. The molecule has 0 unspecified atom stereocenters. The first-order valence-corrected chi connectivity index (χ1v) is 10.1. The average molecular weight is 458 g/mol. The van der Waals surface area contributed by atoms with Crippen molar-refractivity contribution in [3.8, 4) is 11.3 Å². The number of aromatic nitrogens is 2. The molecule has 7 nitrogen and oxygen atoms in total. The first-order chi connectivity index (χ1) is 14.1. The molecule has 1 fully saturated rings. The predicted octanol–water partition coefficient (Wildman–Crippen LogP) is 3.84. The fourth-order valence-corrected chi connectivity index (χ4v) is 4.21. The molecule has 0 radical (unpaired) electrons. The van der Waals surface area contributed by atoms with Gasteiger partial charge in [0.25, 0.3) is 11.8 Å². The molecule has 1 aliphatic heterocycles. The monoisotopic (exact) mass is 457 g/mol. The lowest BCUT2D eigenvalue weighted by Crippen LogP contribution is -2.55. The number of primary amides is 1. The number of benzene rings is 1. The van der Waals surface area contributed by atoms with Crippen LogP contribution in [-0.2, 0) is 6.54 Å². The third kappa shape index (κ3) is 3.72. The average Bonchev–Trinajstić information content (AvgIpc) is 3.02. The molecule has 3 N–H and O–H groups in total. The van der Waals surface area contributed by atoms with Gasteiger partial charge in [-0.1, -0.05) is 29.3 Å². The van der Waals surface area contributed by atoms with Crippen molar-refractivity contribution in [2.75, 3.05) is 6.54 Å². The molecule has 2 aliphatic rings. The maximum absolute atomic E-state index is 13.1. The van der Waals surface area contributed by atoms with Crippen molar-refractivity contribution in [3.05, 3.63) is 39.5 Å². The number of nitrogens with one attached hydrogen (secondary N) is 1. The highest BCUT2D eigenvalue weighted by Gasteiger charge is 2.46. The highest BCUT2D eigenvalue weighted by Crippen LogP contribution is 2.38. The number of fused-ring (bicyclic) bond motifs is 1. The van der Waals surface area contributed by atoms with Crippen LogP contribution in [0.1, 0.15) is 41.9 Å². The number of hydrogen-bond donors (Lipinski definition) is 2. The number of rotatable bonds is 3. The molecule has 2 heterocycles. The number of carbonyl (C=O) groups excluding carboxylic acids is 2. The summed E-state index contributed by atoms with van der Waals surface area (Å²) in [6.45, 7) is 2.23. The zero-order chi connectivity index (χ0) is 21.8. The smallest absolute Gasteiger partial charge is 0.318 e. The van der Waals surface area contributed by atoms with Gasteiger partial charge in [-0.25, -0.2) is 13.6 Å². The van der Waals surface area contributed by atoms with Gasteiger partial charge in [0.05, 0.1) is 33.9 Å². The van der Waals surface area contributed by atoms with Crippen LogP contribution in [0.3, 0.4) is 0 Å². The number of urea groups is 1. The molecule has 1 saturated carbocycles. The van der Waals surface area contributed by atoms with E-state index in [-0.39, 0.29) is 31.0 Å². The van der Waals surface area contributed by atoms with Crippen molar-refractivity contribution in [2.24, 2.45) is 5.73 Å². The van der Waals surface area contributed by atoms with Crippen LogP contribution in [0.2, 0.25) is 10.0 Å². The second kappa shape index (κ2) is 7.39. The molecule has 11 heteroatoms. The summed E-state index contributed by atoms with van der Waals surface area (Å²) in [6.07, 6.45) is -0.734. The Kier molecular flexibility index (Phi) is 5.14. The van der Waals surface area contributed by atoms with E-state index in [0.29, 0.717) is 33.5 Å². The highest BCUT2D eigenvalue weighted by atomic mass is 35.5. The number of carbonyl (C=O) groups is 2. The summed E-state index contributed by atoms with van der Waals surface area (Å²) in [5, 5.41) is 7.85. The van der Waals surface area contributed by atoms with E-state index in [9.17, 15) is 18.4 Å². The molecule has 1 aromatic heterocycles. The van der Waals surface area contributed by atoms with Crippen LogP contribution in [0, 0.1) is 0 Å². The lowest BCUT2D eigenvalue weighted by Gasteiger charge is -2.38. The minimum Gasteiger partial charge on any atom is -0.365 e. The van der Waals surface area contributed by atoms with E-state index in [1.54, 1.807) is 22.9 Å². The quantitative estimate of drug-likeness (QED) is 0.732. The van der Waals surface area contributed by atoms with E-state index < -0.39 is 23.9 Å². The zero-order valence-corrected chi connectivity index (χ0v) is 17.5. The van der Waals surface area contributed by atoms with E-state index in [1.807, 2.05) is 6.92 Å². The molecular formula is C19H19Cl2F2N5O2. The summed E-state index contributed by atoms with van der Waals surface area (Å²) < 4.78 is 27.8. The molecule has 3 amide bonds. The zero-order valence-electron chi connectivity index (χ0n) is 16.0. The van der Waals surface area contributed by atoms with Gasteiger partial charge >= 0.3 is 6.03 Å². The Labute approximate surface area is 181 Å². The summed E-state index contributed by atoms with van der Waals surface area (Å²) in [5.41, 5.74) is 7.23. The van der Waals surface area contributed by atoms with Gasteiger partial charge in [0.15, 0.2) is 0 Å². The molecular weight excluding hydrogens is 439 g/mol. The molecule has 0 saturated heterocycles. The molecule has 1 aliphatic carbocycles. The van der Waals surface area contributed by atoms with Crippen LogP contribution in [0.15, 0.2) is 18.2 Å². The topological polar surface area (TPSA) is 93.2 Å². The SMILES string of the molecule is C[C@@H]1CN(C(=O)NC2CC(F)(F)C2)Cc2c(C(N)=O)c(-c3ccc(Cl)c(Cl)c3)nn21. The van der Waals surface area contributed by atoms with Crippen LogP contribution in [-0.4, -0.2) is 45.1 Å². The Hall–Kier alpha value is -2.39. The van der Waals surface area contributed by atoms with E-state index in [1.165, 1.54) is 4.90 Å². The van der Waals surface area contributed by atoms with E-state index in [0.717, 1.165) is 0 Å². The predicted molar refractivity (Wildman–Crippen MR) is 108 cm³/mol. The second-order valence-electron chi connectivity index (χ2n) is 7.75. The maximum Gasteiger partial charge on any atom is 0.318 e. The van der Waals surface area contributed by atoms with Crippen molar-refractivity contribution >= 4 is 35.1 Å². The molecule has 1 atom stereocenters. The van der Waals surface area contributed by atoms with Gasteiger partial charge in [-0.3, -0.25) is 9.48 Å². The van der Waals surface area contributed by atoms with Gasteiger partial charge in [0.1, 0.15) is 5.69 Å². The Morgan fingerprint density at radius 3 is 2.57 bits per heavy atom. The second-order valence-corrected chi connectivity index (χ2v) is 8.56. The van der Waals surface area contributed by atoms with Crippen LogP contribution >= 0.6 is 23.2 Å². The minimum atomic E-state index is -2.72. The number of halogens is 4. The Morgan fingerprint density at radius 2 is 1.97 bits per heavy atom. The summed E-state index contributed by atoms with van der Waals surface area (Å²) in [6, 6.07) is 3.60. The van der Waals surface area contributed by atoms with Crippen LogP contribution in [0.25, 0.3) is 11.3 Å². The van der Waals surface area contributed by atoms with Gasteiger partial charge in [0, 0.05) is 31.0 Å². The standard InChI is InChI=1S/C19H19Cl2F2N5O2/c1-9-7-27(18(30)25-11-5-19(22,23)6-11)8-14-15(17(24)29)16(26-28(9)14)10-2-3-12(20)13(21)4-10/h2-4,9,11H,5-8H2,1H3,(H2,24,29)(H,25,30)/t9-/m1/s1. The van der Waals surface area contributed by atoms with Gasteiger partial charge in [0.2, 0.25) is 0 Å². The van der Waals surface area contributed by atoms with Gasteiger partial charge in [-0.2, -0.15) is 5.10 Å². The summed E-state index contributed by atoms with van der Waals surface area (Å²) in [4.78, 5) is 26.4. The third-order valence-corrected chi connectivity index (χ3v) is 6.14.